The summed E-state index contributed by atoms with van der Waals surface area (Å²) in [6.45, 7) is 2.49. The molecule has 0 aliphatic carbocycles. The summed E-state index contributed by atoms with van der Waals surface area (Å²) in [6, 6.07) is 15.5. The van der Waals surface area contributed by atoms with Crippen LogP contribution in [0.1, 0.15) is 32.8 Å². The number of amides is 2. The van der Waals surface area contributed by atoms with E-state index in [1.807, 2.05) is 30.3 Å². The third kappa shape index (κ3) is 3.84. The van der Waals surface area contributed by atoms with Crippen molar-refractivity contribution in [3.05, 3.63) is 77.6 Å². The van der Waals surface area contributed by atoms with Crippen molar-refractivity contribution < 1.29 is 18.0 Å². The van der Waals surface area contributed by atoms with Crippen LogP contribution in [0.2, 0.25) is 0 Å². The monoisotopic (exact) mass is 438 g/mol. The van der Waals surface area contributed by atoms with Gasteiger partial charge in [-0.15, -0.1) is 0 Å². The Kier molecular flexibility index (Phi) is 5.36. The molecular weight excluding hydrogens is 416 g/mol. The average molecular weight is 439 g/mol. The van der Waals surface area contributed by atoms with Gasteiger partial charge in [-0.25, -0.2) is 23.1 Å². The molecule has 0 saturated carbocycles. The zero-order valence-corrected chi connectivity index (χ0v) is 18.0. The lowest BCUT2D eigenvalue weighted by Gasteiger charge is -2.28. The fourth-order valence-electron chi connectivity index (χ4n) is 3.73. The van der Waals surface area contributed by atoms with Gasteiger partial charge in [0.2, 0.25) is 0 Å². The van der Waals surface area contributed by atoms with Gasteiger partial charge in [0.1, 0.15) is 0 Å². The van der Waals surface area contributed by atoms with Crippen molar-refractivity contribution in [2.45, 2.75) is 18.2 Å². The zero-order chi connectivity index (χ0) is 22.2. The molecule has 0 atom stereocenters. The fraction of sp³-hybridized carbons (Fsp3) is 0.227. The van der Waals surface area contributed by atoms with E-state index in [-0.39, 0.29) is 16.4 Å². The van der Waals surface area contributed by atoms with Gasteiger partial charge in [-0.05, 0) is 37.6 Å². The molecule has 2 heterocycles. The molecule has 0 spiro atoms. The normalized spacial score (nSPS) is 14.1. The summed E-state index contributed by atoms with van der Waals surface area (Å²) in [5, 5.41) is 7.04. The average Bonchev–Trinajstić information content (AvgIpc) is 3.40. The SMILES string of the molecule is Cc1c(C(=O)N2CCCN2C(=O)c2ccccc2S(C)(=O)=O)cnn1-c1ccccc1. The lowest BCUT2D eigenvalue weighted by Crippen LogP contribution is -2.45. The van der Waals surface area contributed by atoms with Gasteiger partial charge in [-0.2, -0.15) is 5.10 Å². The molecule has 0 N–H and O–H groups in total. The highest BCUT2D eigenvalue weighted by Gasteiger charge is 2.35. The van der Waals surface area contributed by atoms with Gasteiger partial charge in [-0.1, -0.05) is 30.3 Å². The standard InChI is InChI=1S/C22H22N4O4S/c1-16-19(15-23-26(16)17-9-4-3-5-10-17)22(28)25-14-8-13-24(25)21(27)18-11-6-7-12-20(18)31(2,29)30/h3-7,9-12,15H,8,13-14H2,1-2H3. The molecule has 31 heavy (non-hydrogen) atoms. The second-order valence-corrected chi connectivity index (χ2v) is 9.35. The van der Waals surface area contributed by atoms with Crippen LogP contribution < -0.4 is 0 Å². The van der Waals surface area contributed by atoms with Gasteiger partial charge in [-0.3, -0.25) is 9.59 Å². The summed E-state index contributed by atoms with van der Waals surface area (Å²) in [4.78, 5) is 26.5. The van der Waals surface area contributed by atoms with Gasteiger partial charge < -0.3 is 0 Å². The maximum atomic E-state index is 13.3. The van der Waals surface area contributed by atoms with Crippen molar-refractivity contribution in [1.82, 2.24) is 19.8 Å². The molecule has 9 heteroatoms. The first-order valence-corrected chi connectivity index (χ1v) is 11.7. The molecule has 0 bridgehead atoms. The van der Waals surface area contributed by atoms with Crippen molar-refractivity contribution in [2.24, 2.45) is 0 Å². The second kappa shape index (κ2) is 7.99. The summed E-state index contributed by atoms with van der Waals surface area (Å²) < 4.78 is 25.9. The molecule has 160 valence electrons. The van der Waals surface area contributed by atoms with Crippen LogP contribution in [0.3, 0.4) is 0 Å². The minimum absolute atomic E-state index is 0.0487. The summed E-state index contributed by atoms with van der Waals surface area (Å²) in [7, 11) is -3.60. The largest absolute Gasteiger partial charge is 0.275 e. The van der Waals surface area contributed by atoms with Crippen LogP contribution in [0.15, 0.2) is 65.7 Å². The number of nitrogens with zero attached hydrogens (tertiary/aromatic N) is 4. The van der Waals surface area contributed by atoms with Crippen LogP contribution in [-0.2, 0) is 9.84 Å². The molecule has 1 aliphatic rings. The summed E-state index contributed by atoms with van der Waals surface area (Å²) >= 11 is 0. The molecule has 2 aromatic carbocycles. The Bertz CT molecular complexity index is 1250. The van der Waals surface area contributed by atoms with Crippen molar-refractivity contribution >= 4 is 21.7 Å². The van der Waals surface area contributed by atoms with Gasteiger partial charge in [0.05, 0.1) is 33.6 Å². The number of carbonyl (C=O) groups is 2. The number of hydrogen-bond donors (Lipinski definition) is 0. The molecule has 3 aromatic rings. The lowest BCUT2D eigenvalue weighted by atomic mass is 10.2. The first-order chi connectivity index (χ1) is 14.8. The fourth-order valence-corrected chi connectivity index (χ4v) is 4.61. The van der Waals surface area contributed by atoms with Crippen LogP contribution >= 0.6 is 0 Å². The predicted molar refractivity (Wildman–Crippen MR) is 115 cm³/mol. The molecule has 4 rings (SSSR count). The summed E-state index contributed by atoms with van der Waals surface area (Å²) in [6.07, 6.45) is 3.16. The van der Waals surface area contributed by atoms with Crippen LogP contribution in [0.4, 0.5) is 0 Å². The number of sulfone groups is 1. The van der Waals surface area contributed by atoms with Crippen molar-refractivity contribution in [1.29, 1.82) is 0 Å². The van der Waals surface area contributed by atoms with Gasteiger partial charge >= 0.3 is 0 Å². The maximum Gasteiger partial charge on any atom is 0.275 e. The number of para-hydroxylation sites is 1. The molecule has 1 fully saturated rings. The van der Waals surface area contributed by atoms with E-state index in [1.54, 1.807) is 23.7 Å². The van der Waals surface area contributed by atoms with E-state index in [1.165, 1.54) is 28.3 Å². The Hall–Kier alpha value is -3.46. The van der Waals surface area contributed by atoms with E-state index < -0.39 is 15.7 Å². The van der Waals surface area contributed by atoms with Crippen molar-refractivity contribution in [2.75, 3.05) is 19.3 Å². The van der Waals surface area contributed by atoms with Crippen LogP contribution in [0, 0.1) is 6.92 Å². The Morgan fingerprint density at radius 2 is 1.45 bits per heavy atom. The topological polar surface area (TPSA) is 92.6 Å². The van der Waals surface area contributed by atoms with Gasteiger partial charge in [0, 0.05) is 19.3 Å². The molecule has 8 nitrogen and oxygen atoms in total. The van der Waals surface area contributed by atoms with E-state index in [0.717, 1.165) is 11.9 Å². The minimum atomic E-state index is -3.60. The van der Waals surface area contributed by atoms with Gasteiger partial charge in [0.25, 0.3) is 11.8 Å². The Morgan fingerprint density at radius 1 is 0.871 bits per heavy atom. The quantitative estimate of drug-likeness (QED) is 0.624. The molecule has 0 radical (unpaired) electrons. The maximum absolute atomic E-state index is 13.3. The zero-order valence-electron chi connectivity index (χ0n) is 17.2. The van der Waals surface area contributed by atoms with Crippen LogP contribution in [0.5, 0.6) is 0 Å². The smallest absolute Gasteiger partial charge is 0.267 e. The Labute approximate surface area is 180 Å². The van der Waals surface area contributed by atoms with Gasteiger partial charge in [0.15, 0.2) is 9.84 Å². The molecule has 1 saturated heterocycles. The lowest BCUT2D eigenvalue weighted by molar-refractivity contribution is 0.0183. The first kappa shape index (κ1) is 20.8. The third-order valence-electron chi connectivity index (χ3n) is 5.26. The molecule has 2 amide bonds. The number of carbonyl (C=O) groups excluding carboxylic acids is 2. The third-order valence-corrected chi connectivity index (χ3v) is 6.41. The number of benzene rings is 2. The highest BCUT2D eigenvalue weighted by Crippen LogP contribution is 2.24. The molecule has 1 aromatic heterocycles. The van der Waals surface area contributed by atoms with E-state index in [2.05, 4.69) is 5.10 Å². The number of hydrazine groups is 1. The number of rotatable bonds is 4. The second-order valence-electron chi connectivity index (χ2n) is 7.37. The highest BCUT2D eigenvalue weighted by atomic mass is 32.2. The minimum Gasteiger partial charge on any atom is -0.267 e. The van der Waals surface area contributed by atoms with E-state index >= 15 is 0 Å². The number of aromatic nitrogens is 2. The van der Waals surface area contributed by atoms with E-state index in [0.29, 0.717) is 30.8 Å². The van der Waals surface area contributed by atoms with Crippen LogP contribution in [-0.4, -0.2) is 59.4 Å². The first-order valence-electron chi connectivity index (χ1n) is 9.82. The van der Waals surface area contributed by atoms with Crippen molar-refractivity contribution in [3.8, 4) is 5.69 Å². The van der Waals surface area contributed by atoms with Crippen LogP contribution in [0.25, 0.3) is 5.69 Å². The summed E-state index contributed by atoms with van der Waals surface area (Å²) in [5.74, 6) is -0.859. The molecule has 1 aliphatic heterocycles. The summed E-state index contributed by atoms with van der Waals surface area (Å²) in [5.41, 5.74) is 1.93. The van der Waals surface area contributed by atoms with E-state index in [9.17, 15) is 18.0 Å². The highest BCUT2D eigenvalue weighted by molar-refractivity contribution is 7.90. The molecule has 0 unspecified atom stereocenters. The Balaban J connectivity index is 1.65. The Morgan fingerprint density at radius 3 is 2.10 bits per heavy atom. The van der Waals surface area contributed by atoms with E-state index in [4.69, 9.17) is 0 Å². The predicted octanol–water partition coefficient (Wildman–Crippen LogP) is 2.49. The number of hydrogen-bond acceptors (Lipinski definition) is 5. The van der Waals surface area contributed by atoms with Crippen molar-refractivity contribution in [3.63, 3.8) is 0 Å². The molecular formula is C22H22N4O4S.